The van der Waals surface area contributed by atoms with Gasteiger partial charge in [-0.15, -0.1) is 0 Å². The predicted octanol–water partition coefficient (Wildman–Crippen LogP) is -3.63. The molecule has 0 bridgehead atoms. The number of aliphatic hydroxyl groups is 6. The molecule has 13 heavy (non-hydrogen) atoms. The second kappa shape index (κ2) is 3.40. The van der Waals surface area contributed by atoms with Gasteiger partial charge in [0, 0.05) is 0 Å². The van der Waals surface area contributed by atoms with Crippen molar-refractivity contribution in [1.29, 1.82) is 0 Å². The van der Waals surface area contributed by atoms with Gasteiger partial charge in [-0.2, -0.15) is 0 Å². The molecular formula is C6H13O6P. The Morgan fingerprint density at radius 3 is 1.38 bits per heavy atom. The van der Waals surface area contributed by atoms with Crippen LogP contribution in [0.15, 0.2) is 0 Å². The van der Waals surface area contributed by atoms with Crippen LogP contribution < -0.4 is 0 Å². The fourth-order valence-corrected chi connectivity index (χ4v) is 1.69. The third kappa shape index (κ3) is 1.59. The molecule has 0 aromatic rings. The maximum atomic E-state index is 9.40. The molecule has 1 aliphatic carbocycles. The monoisotopic (exact) mass is 212 g/mol. The fraction of sp³-hybridized carbons (Fsp3) is 1.00. The molecule has 6 nitrogen and oxygen atoms in total. The molecule has 1 aliphatic rings. The van der Waals surface area contributed by atoms with Gasteiger partial charge in [0.25, 0.3) is 0 Å². The van der Waals surface area contributed by atoms with Crippen LogP contribution in [0, 0.1) is 0 Å². The summed E-state index contributed by atoms with van der Waals surface area (Å²) in [6.07, 6.45) is -8.52. The summed E-state index contributed by atoms with van der Waals surface area (Å²) >= 11 is 0. The van der Waals surface area contributed by atoms with E-state index >= 15 is 0 Å². The summed E-state index contributed by atoms with van der Waals surface area (Å²) in [5.41, 5.74) is 0. The van der Waals surface area contributed by atoms with E-state index in [1.165, 1.54) is 0 Å². The van der Waals surface area contributed by atoms with E-state index in [9.17, 15) is 15.3 Å². The van der Waals surface area contributed by atoms with Gasteiger partial charge in [-0.3, -0.25) is 0 Å². The highest BCUT2D eigenvalue weighted by Gasteiger charge is 2.54. The Morgan fingerprint density at radius 2 is 1.08 bits per heavy atom. The zero-order chi connectivity index (χ0) is 10.4. The van der Waals surface area contributed by atoms with Crippen molar-refractivity contribution in [3.05, 3.63) is 0 Å². The Kier molecular flexibility index (Phi) is 2.95. The van der Waals surface area contributed by atoms with Crippen LogP contribution in [0.2, 0.25) is 0 Å². The molecule has 7 atom stereocenters. The van der Waals surface area contributed by atoms with Crippen molar-refractivity contribution in [2.45, 2.75) is 35.9 Å². The molecule has 0 aromatic carbocycles. The van der Waals surface area contributed by atoms with Crippen LogP contribution >= 0.6 is 9.24 Å². The summed E-state index contributed by atoms with van der Waals surface area (Å²) in [6.45, 7) is 0. The molecule has 0 spiro atoms. The molecule has 7 heteroatoms. The van der Waals surface area contributed by atoms with Crippen LogP contribution in [-0.4, -0.2) is 66.5 Å². The van der Waals surface area contributed by atoms with Gasteiger partial charge in [-0.05, 0) is 0 Å². The minimum absolute atomic E-state index is 1.68. The third-order valence-corrected chi connectivity index (χ3v) is 2.98. The van der Waals surface area contributed by atoms with Crippen molar-refractivity contribution < 1.29 is 30.6 Å². The first kappa shape index (κ1) is 11.3. The zero-order valence-electron chi connectivity index (χ0n) is 6.65. The van der Waals surface area contributed by atoms with Gasteiger partial charge in [0.05, 0.1) is 0 Å². The first-order valence-corrected chi connectivity index (χ1v) is 4.29. The summed E-state index contributed by atoms with van der Waals surface area (Å²) in [6, 6.07) is 0. The van der Waals surface area contributed by atoms with Crippen molar-refractivity contribution in [3.63, 3.8) is 0 Å². The van der Waals surface area contributed by atoms with Crippen molar-refractivity contribution in [1.82, 2.24) is 0 Å². The smallest absolute Gasteiger partial charge is 0.134 e. The summed E-state index contributed by atoms with van der Waals surface area (Å²) in [4.78, 5) is 0. The number of rotatable bonds is 0. The lowest BCUT2D eigenvalue weighted by Gasteiger charge is -2.45. The molecule has 0 aliphatic heterocycles. The van der Waals surface area contributed by atoms with E-state index in [4.69, 9.17) is 15.3 Å². The van der Waals surface area contributed by atoms with E-state index in [2.05, 4.69) is 0 Å². The van der Waals surface area contributed by atoms with Crippen LogP contribution in [0.4, 0.5) is 0 Å². The van der Waals surface area contributed by atoms with Crippen molar-refractivity contribution in [2.24, 2.45) is 0 Å². The standard InChI is InChI=1S/C6H13O6P/c7-1-2(8)4(10)6(12,13)5(11)3(1)9/h1-5,7-12H,13H2/t1-,2-,3+,4-,5-,6-/m0/s1. The minimum Gasteiger partial charge on any atom is -0.387 e. The summed E-state index contributed by atoms with van der Waals surface area (Å²) < 4.78 is 0. The van der Waals surface area contributed by atoms with Gasteiger partial charge in [-0.25, -0.2) is 0 Å². The average molecular weight is 212 g/mol. The highest BCUT2D eigenvalue weighted by atomic mass is 31.0. The van der Waals surface area contributed by atoms with Gasteiger partial charge in [0.1, 0.15) is 35.9 Å². The first-order valence-electron chi connectivity index (χ1n) is 3.71. The molecule has 78 valence electrons. The maximum absolute atomic E-state index is 9.40. The number of hydrogen-bond acceptors (Lipinski definition) is 6. The first-order chi connectivity index (χ1) is 5.80. The van der Waals surface area contributed by atoms with Crippen LogP contribution in [0.3, 0.4) is 0 Å². The molecule has 0 saturated heterocycles. The van der Waals surface area contributed by atoms with Crippen molar-refractivity contribution >= 4 is 9.24 Å². The van der Waals surface area contributed by atoms with E-state index in [0.717, 1.165) is 0 Å². The Balaban J connectivity index is 2.93. The molecule has 0 radical (unpaired) electrons. The average Bonchev–Trinajstić information content (AvgIpc) is 2.09. The van der Waals surface area contributed by atoms with Crippen LogP contribution in [0.5, 0.6) is 0 Å². The van der Waals surface area contributed by atoms with E-state index in [1.807, 2.05) is 0 Å². The van der Waals surface area contributed by atoms with Gasteiger partial charge >= 0.3 is 0 Å². The highest BCUT2D eigenvalue weighted by molar-refractivity contribution is 7.18. The van der Waals surface area contributed by atoms with Crippen LogP contribution in [0.1, 0.15) is 0 Å². The molecule has 1 unspecified atom stereocenters. The van der Waals surface area contributed by atoms with Gasteiger partial charge in [0.2, 0.25) is 0 Å². The Labute approximate surface area is 76.7 Å². The van der Waals surface area contributed by atoms with E-state index < -0.39 is 35.9 Å². The highest BCUT2D eigenvalue weighted by Crippen LogP contribution is 2.34. The second-order valence-corrected chi connectivity index (χ2v) is 4.17. The van der Waals surface area contributed by atoms with E-state index in [0.29, 0.717) is 0 Å². The second-order valence-electron chi connectivity index (χ2n) is 3.25. The third-order valence-electron chi connectivity index (χ3n) is 2.29. The predicted molar refractivity (Wildman–Crippen MR) is 44.7 cm³/mol. The topological polar surface area (TPSA) is 121 Å². The Bertz CT molecular complexity index is 180. The molecule has 1 rings (SSSR count). The van der Waals surface area contributed by atoms with Crippen molar-refractivity contribution in [2.75, 3.05) is 0 Å². The fourth-order valence-electron chi connectivity index (χ4n) is 1.30. The lowest BCUT2D eigenvalue weighted by Crippen LogP contribution is -2.68. The molecule has 1 saturated carbocycles. The number of aliphatic hydroxyl groups excluding tert-OH is 5. The molecule has 1 fully saturated rings. The van der Waals surface area contributed by atoms with E-state index in [-0.39, 0.29) is 0 Å². The van der Waals surface area contributed by atoms with Crippen LogP contribution in [0.25, 0.3) is 0 Å². The Hall–Kier alpha value is 0.190. The summed E-state index contributed by atoms with van der Waals surface area (Å²) in [5, 5.41) is 53.0. The molecule has 0 amide bonds. The van der Waals surface area contributed by atoms with Gasteiger partial charge < -0.3 is 30.6 Å². The van der Waals surface area contributed by atoms with Crippen molar-refractivity contribution in [3.8, 4) is 0 Å². The van der Waals surface area contributed by atoms with Gasteiger partial charge in [0.15, 0.2) is 0 Å². The molecule has 0 heterocycles. The quantitative estimate of drug-likeness (QED) is 0.230. The van der Waals surface area contributed by atoms with Gasteiger partial charge in [-0.1, -0.05) is 9.24 Å². The summed E-state index contributed by atoms with van der Waals surface area (Å²) in [5.74, 6) is 0. The van der Waals surface area contributed by atoms with Crippen LogP contribution in [-0.2, 0) is 0 Å². The minimum atomic E-state index is -2.11. The summed E-state index contributed by atoms with van der Waals surface area (Å²) in [7, 11) is 1.73. The Morgan fingerprint density at radius 1 is 0.769 bits per heavy atom. The van der Waals surface area contributed by atoms with E-state index in [1.54, 1.807) is 9.24 Å². The SMILES string of the molecule is O[C@@H]1[C@@H](O)[C@H](O)[C@@](O)(P)[C@@H](O)[C@H]1O. The lowest BCUT2D eigenvalue weighted by atomic mass is 9.84. The normalized spacial score (nSPS) is 57.9. The molecule has 0 aromatic heterocycles. The maximum Gasteiger partial charge on any atom is 0.134 e. The zero-order valence-corrected chi connectivity index (χ0v) is 7.80. The molecular weight excluding hydrogens is 199 g/mol. The number of hydrogen-bond donors (Lipinski definition) is 6. The lowest BCUT2D eigenvalue weighted by molar-refractivity contribution is -0.236. The molecule has 6 N–H and O–H groups in total. The largest absolute Gasteiger partial charge is 0.387 e.